The van der Waals surface area contributed by atoms with Crippen LogP contribution in [0.4, 0.5) is 5.69 Å². The second-order valence-electron chi connectivity index (χ2n) is 9.08. The predicted molar refractivity (Wildman–Crippen MR) is 119 cm³/mol. The lowest BCUT2D eigenvalue weighted by Crippen LogP contribution is -2.47. The van der Waals surface area contributed by atoms with E-state index >= 15 is 0 Å². The molecule has 27 heavy (non-hydrogen) atoms. The van der Waals surface area contributed by atoms with Crippen LogP contribution in [0.5, 0.6) is 0 Å². The molecule has 1 aliphatic heterocycles. The highest BCUT2D eigenvalue weighted by Gasteiger charge is 2.33. The molecule has 0 N–H and O–H groups in total. The molecule has 2 aliphatic rings. The van der Waals surface area contributed by atoms with Crippen molar-refractivity contribution in [3.05, 3.63) is 29.8 Å². The Hall–Kier alpha value is -1.02. The number of piperazine rings is 1. The first-order valence-electron chi connectivity index (χ1n) is 11.8. The van der Waals surface area contributed by atoms with E-state index < -0.39 is 0 Å². The molecule has 0 atom stereocenters. The number of para-hydroxylation sites is 1. The summed E-state index contributed by atoms with van der Waals surface area (Å²) in [5, 5.41) is 0. The van der Waals surface area contributed by atoms with Crippen LogP contribution < -0.4 is 4.90 Å². The Morgan fingerprint density at radius 1 is 0.889 bits per heavy atom. The van der Waals surface area contributed by atoms with Gasteiger partial charge in [0.15, 0.2) is 0 Å². The van der Waals surface area contributed by atoms with Crippen LogP contribution in [0.1, 0.15) is 90.0 Å². The fraction of sp³-hybridized carbons (Fsp3) is 0.760. The first-order chi connectivity index (χ1) is 13.2. The lowest BCUT2D eigenvalue weighted by Gasteiger charge is -2.41. The van der Waals surface area contributed by atoms with Crippen molar-refractivity contribution in [3.63, 3.8) is 0 Å². The smallest absolute Gasteiger partial charge is 0.0402 e. The lowest BCUT2D eigenvalue weighted by atomic mass is 9.66. The summed E-state index contributed by atoms with van der Waals surface area (Å²) in [6, 6.07) is 9.33. The van der Waals surface area contributed by atoms with Crippen molar-refractivity contribution in [2.75, 3.05) is 37.6 Å². The van der Waals surface area contributed by atoms with Gasteiger partial charge in [0.2, 0.25) is 0 Å². The number of rotatable bonds is 8. The van der Waals surface area contributed by atoms with Crippen LogP contribution in [0.2, 0.25) is 0 Å². The largest absolute Gasteiger partial charge is 0.369 e. The summed E-state index contributed by atoms with van der Waals surface area (Å²) in [4.78, 5) is 5.35. The van der Waals surface area contributed by atoms with Crippen LogP contribution in [0.25, 0.3) is 0 Å². The maximum Gasteiger partial charge on any atom is 0.0402 e. The molecular formula is C25H42N2. The molecule has 0 amide bonds. The third kappa shape index (κ3) is 5.08. The van der Waals surface area contributed by atoms with E-state index in [9.17, 15) is 0 Å². The van der Waals surface area contributed by atoms with Gasteiger partial charge in [0, 0.05) is 31.9 Å². The minimum Gasteiger partial charge on any atom is -0.369 e. The lowest BCUT2D eigenvalue weighted by molar-refractivity contribution is 0.159. The van der Waals surface area contributed by atoms with Crippen molar-refractivity contribution in [3.8, 4) is 0 Å². The summed E-state index contributed by atoms with van der Waals surface area (Å²) < 4.78 is 0. The molecule has 2 nitrogen and oxygen atoms in total. The van der Waals surface area contributed by atoms with E-state index in [2.05, 4.69) is 54.8 Å². The zero-order chi connectivity index (χ0) is 19.1. The molecule has 0 bridgehead atoms. The molecule has 1 aromatic carbocycles. The Bertz CT molecular complexity index is 545. The number of nitrogens with zero attached hydrogens (tertiary/aromatic N) is 2. The van der Waals surface area contributed by atoms with E-state index in [1.165, 1.54) is 96.2 Å². The number of unbranched alkanes of at least 4 members (excludes halogenated alkanes) is 2. The molecule has 0 spiro atoms. The van der Waals surface area contributed by atoms with Gasteiger partial charge < -0.3 is 4.90 Å². The quantitative estimate of drug-likeness (QED) is 0.484. The maximum absolute atomic E-state index is 2.67. The van der Waals surface area contributed by atoms with E-state index in [0.29, 0.717) is 5.41 Å². The van der Waals surface area contributed by atoms with Crippen LogP contribution in [0.15, 0.2) is 24.3 Å². The fourth-order valence-corrected chi connectivity index (χ4v) is 5.42. The highest BCUT2D eigenvalue weighted by atomic mass is 15.3. The Kier molecular flexibility index (Phi) is 7.64. The first kappa shape index (κ1) is 20.7. The zero-order valence-electron chi connectivity index (χ0n) is 18.2. The van der Waals surface area contributed by atoms with Crippen LogP contribution >= 0.6 is 0 Å². The van der Waals surface area contributed by atoms with Crippen molar-refractivity contribution in [2.45, 2.75) is 84.5 Å². The molecule has 1 saturated carbocycles. The van der Waals surface area contributed by atoms with Crippen LogP contribution in [0, 0.1) is 5.41 Å². The van der Waals surface area contributed by atoms with Gasteiger partial charge in [-0.1, -0.05) is 64.7 Å². The number of benzene rings is 1. The summed E-state index contributed by atoms with van der Waals surface area (Å²) in [5.74, 6) is 0.773. The normalized spacial score (nSPS) is 21.5. The molecular weight excluding hydrogens is 328 g/mol. The first-order valence-corrected chi connectivity index (χ1v) is 11.8. The third-order valence-electron chi connectivity index (χ3n) is 7.71. The Labute approximate surface area is 168 Å². The van der Waals surface area contributed by atoms with Gasteiger partial charge >= 0.3 is 0 Å². The minimum atomic E-state index is 0.634. The van der Waals surface area contributed by atoms with E-state index in [4.69, 9.17) is 0 Å². The summed E-state index contributed by atoms with van der Waals surface area (Å²) in [5.41, 5.74) is 3.81. The Balaban J connectivity index is 1.61. The van der Waals surface area contributed by atoms with Crippen LogP contribution in [-0.4, -0.2) is 37.6 Å². The monoisotopic (exact) mass is 370 g/mol. The third-order valence-corrected chi connectivity index (χ3v) is 7.71. The molecule has 152 valence electrons. The summed E-state index contributed by atoms with van der Waals surface area (Å²) in [7, 11) is 0. The van der Waals surface area contributed by atoms with Crippen molar-refractivity contribution >= 4 is 5.69 Å². The van der Waals surface area contributed by atoms with Gasteiger partial charge in [-0.05, 0) is 61.6 Å². The second kappa shape index (κ2) is 9.96. The molecule has 0 unspecified atom stereocenters. The van der Waals surface area contributed by atoms with Gasteiger partial charge in [-0.3, -0.25) is 4.90 Å². The zero-order valence-corrected chi connectivity index (χ0v) is 18.2. The summed E-state index contributed by atoms with van der Waals surface area (Å²) >= 11 is 0. The molecule has 1 heterocycles. The van der Waals surface area contributed by atoms with E-state index in [1.807, 2.05) is 0 Å². The van der Waals surface area contributed by atoms with Gasteiger partial charge in [0.25, 0.3) is 0 Å². The standard InChI is InChI=1S/C25H42N2/c1-4-7-10-17-26-18-20-27(21-19-26)24-12-9-8-11-23(24)22-13-15-25(5-2,6-3)16-14-22/h8-9,11-12,22H,4-7,10,13-21H2,1-3H3. The molecule has 3 rings (SSSR count). The Morgan fingerprint density at radius 2 is 1.56 bits per heavy atom. The summed E-state index contributed by atoms with van der Waals surface area (Å²) in [6.45, 7) is 13.3. The second-order valence-corrected chi connectivity index (χ2v) is 9.08. The van der Waals surface area contributed by atoms with Gasteiger partial charge in [0.05, 0.1) is 0 Å². The molecule has 1 aromatic rings. The van der Waals surface area contributed by atoms with Crippen molar-refractivity contribution < 1.29 is 0 Å². The average molecular weight is 371 g/mol. The molecule has 0 radical (unpaired) electrons. The van der Waals surface area contributed by atoms with Crippen LogP contribution in [0.3, 0.4) is 0 Å². The molecule has 2 heteroatoms. The fourth-order valence-electron chi connectivity index (χ4n) is 5.42. The molecule has 2 fully saturated rings. The summed E-state index contributed by atoms with van der Waals surface area (Å²) in [6.07, 6.45) is 12.4. The van der Waals surface area contributed by atoms with Gasteiger partial charge in [-0.15, -0.1) is 0 Å². The van der Waals surface area contributed by atoms with Crippen molar-refractivity contribution in [2.24, 2.45) is 5.41 Å². The van der Waals surface area contributed by atoms with Gasteiger partial charge in [-0.2, -0.15) is 0 Å². The topological polar surface area (TPSA) is 6.48 Å². The average Bonchev–Trinajstić information content (AvgIpc) is 2.74. The highest BCUT2D eigenvalue weighted by Crippen LogP contribution is 2.48. The highest BCUT2D eigenvalue weighted by molar-refractivity contribution is 5.55. The van der Waals surface area contributed by atoms with Crippen molar-refractivity contribution in [1.29, 1.82) is 0 Å². The van der Waals surface area contributed by atoms with E-state index in [0.717, 1.165) is 5.92 Å². The van der Waals surface area contributed by atoms with Crippen molar-refractivity contribution in [1.82, 2.24) is 4.90 Å². The number of hydrogen-bond donors (Lipinski definition) is 0. The van der Waals surface area contributed by atoms with Crippen LogP contribution in [-0.2, 0) is 0 Å². The minimum absolute atomic E-state index is 0.634. The Morgan fingerprint density at radius 3 is 2.19 bits per heavy atom. The SMILES string of the molecule is CCCCCN1CCN(c2ccccc2C2CCC(CC)(CC)CC2)CC1. The predicted octanol–water partition coefficient (Wildman–Crippen LogP) is 6.46. The van der Waals surface area contributed by atoms with E-state index in [1.54, 1.807) is 5.56 Å². The number of anilines is 1. The maximum atomic E-state index is 2.67. The van der Waals surface area contributed by atoms with Gasteiger partial charge in [-0.25, -0.2) is 0 Å². The number of hydrogen-bond acceptors (Lipinski definition) is 2. The van der Waals surface area contributed by atoms with Gasteiger partial charge in [0.1, 0.15) is 0 Å². The molecule has 0 aromatic heterocycles. The molecule has 1 aliphatic carbocycles. The van der Waals surface area contributed by atoms with E-state index in [-0.39, 0.29) is 0 Å². The molecule has 1 saturated heterocycles.